The molecule has 5 nitrogen and oxygen atoms in total. The van der Waals surface area contributed by atoms with Crippen LogP contribution in [0.5, 0.6) is 0 Å². The van der Waals surface area contributed by atoms with Crippen LogP contribution in [0.15, 0.2) is 42.5 Å². The molecule has 0 radical (unpaired) electrons. The highest BCUT2D eigenvalue weighted by Crippen LogP contribution is 2.48. The SMILES string of the molecule is COC(=O)[C@@H](N)Cc1ccc(N2C(=O)C(C)(C)c3cccc(Cl)c32)cc1. The van der Waals surface area contributed by atoms with Gasteiger partial charge in [-0.05, 0) is 49.6 Å². The molecule has 2 N–H and O–H groups in total. The molecule has 136 valence electrons. The van der Waals surface area contributed by atoms with Crippen LogP contribution in [0.1, 0.15) is 25.0 Å². The molecule has 0 fully saturated rings. The fourth-order valence-corrected chi connectivity index (χ4v) is 3.52. The van der Waals surface area contributed by atoms with Crippen molar-refractivity contribution in [2.24, 2.45) is 5.73 Å². The van der Waals surface area contributed by atoms with Crippen LogP contribution < -0.4 is 10.6 Å². The minimum Gasteiger partial charge on any atom is -0.468 e. The Morgan fingerprint density at radius 2 is 1.88 bits per heavy atom. The minimum atomic E-state index is -0.714. The number of carbonyl (C=O) groups excluding carboxylic acids is 2. The van der Waals surface area contributed by atoms with Crippen LogP contribution in [0.3, 0.4) is 0 Å². The van der Waals surface area contributed by atoms with Gasteiger partial charge in [0, 0.05) is 5.69 Å². The molecule has 0 bridgehead atoms. The molecule has 1 amide bonds. The van der Waals surface area contributed by atoms with Crippen molar-refractivity contribution >= 4 is 34.9 Å². The molecule has 1 aliphatic rings. The number of benzene rings is 2. The largest absolute Gasteiger partial charge is 0.468 e. The number of ether oxygens (including phenoxy) is 1. The maximum absolute atomic E-state index is 13.0. The van der Waals surface area contributed by atoms with Gasteiger partial charge in [0.05, 0.1) is 23.2 Å². The van der Waals surface area contributed by atoms with Crippen molar-refractivity contribution in [3.63, 3.8) is 0 Å². The predicted octanol–water partition coefficient (Wildman–Crippen LogP) is 3.34. The Labute approximate surface area is 157 Å². The first-order valence-electron chi connectivity index (χ1n) is 8.33. The molecular formula is C20H21ClN2O3. The predicted molar refractivity (Wildman–Crippen MR) is 102 cm³/mol. The van der Waals surface area contributed by atoms with E-state index in [1.54, 1.807) is 11.0 Å². The smallest absolute Gasteiger partial charge is 0.322 e. The number of hydrogen-bond acceptors (Lipinski definition) is 4. The van der Waals surface area contributed by atoms with Crippen LogP contribution in [0.2, 0.25) is 5.02 Å². The first kappa shape index (κ1) is 18.4. The average molecular weight is 373 g/mol. The highest BCUT2D eigenvalue weighted by molar-refractivity contribution is 6.35. The highest BCUT2D eigenvalue weighted by Gasteiger charge is 2.45. The summed E-state index contributed by atoms with van der Waals surface area (Å²) in [5, 5.41) is 0.540. The van der Waals surface area contributed by atoms with E-state index >= 15 is 0 Å². The van der Waals surface area contributed by atoms with Crippen molar-refractivity contribution in [3.8, 4) is 0 Å². The van der Waals surface area contributed by atoms with Crippen LogP contribution >= 0.6 is 11.6 Å². The number of para-hydroxylation sites is 1. The van der Waals surface area contributed by atoms with E-state index in [-0.39, 0.29) is 5.91 Å². The number of rotatable bonds is 4. The zero-order valence-corrected chi connectivity index (χ0v) is 15.7. The second-order valence-corrected chi connectivity index (χ2v) is 7.31. The summed E-state index contributed by atoms with van der Waals surface area (Å²) in [6.45, 7) is 3.79. The Balaban J connectivity index is 1.93. The number of esters is 1. The van der Waals surface area contributed by atoms with E-state index in [9.17, 15) is 9.59 Å². The molecule has 1 heterocycles. The van der Waals surface area contributed by atoms with Gasteiger partial charge in [-0.2, -0.15) is 0 Å². The summed E-state index contributed by atoms with van der Waals surface area (Å²) < 4.78 is 4.65. The number of nitrogens with zero attached hydrogens (tertiary/aromatic N) is 1. The fraction of sp³-hybridized carbons (Fsp3) is 0.300. The standard InChI is InChI=1S/C20H21ClN2O3/c1-20(2)14-5-4-6-15(21)17(14)23(19(20)25)13-9-7-12(8-10-13)11-16(22)18(24)26-3/h4-10,16H,11,22H2,1-3H3/t16-/m0/s1. The molecule has 1 atom stereocenters. The maximum Gasteiger partial charge on any atom is 0.322 e. The summed E-state index contributed by atoms with van der Waals surface area (Å²) in [5.74, 6) is -0.481. The lowest BCUT2D eigenvalue weighted by Crippen LogP contribution is -2.34. The van der Waals surface area contributed by atoms with Gasteiger partial charge in [0.25, 0.3) is 0 Å². The monoisotopic (exact) mass is 372 g/mol. The van der Waals surface area contributed by atoms with Crippen molar-refractivity contribution in [2.75, 3.05) is 12.0 Å². The number of hydrogen-bond donors (Lipinski definition) is 1. The minimum absolute atomic E-state index is 0.0281. The molecule has 1 aliphatic heterocycles. The third kappa shape index (κ3) is 2.97. The van der Waals surface area contributed by atoms with Crippen molar-refractivity contribution in [2.45, 2.75) is 31.7 Å². The normalized spacial score (nSPS) is 16.3. The molecule has 0 aliphatic carbocycles. The Kier molecular flexibility index (Phi) is 4.78. The zero-order chi connectivity index (χ0) is 19.1. The fourth-order valence-electron chi connectivity index (χ4n) is 3.26. The van der Waals surface area contributed by atoms with Gasteiger partial charge in [-0.1, -0.05) is 35.9 Å². The van der Waals surface area contributed by atoms with Crippen LogP contribution in [0.25, 0.3) is 0 Å². The van der Waals surface area contributed by atoms with E-state index in [2.05, 4.69) is 4.74 Å². The molecule has 0 spiro atoms. The molecule has 26 heavy (non-hydrogen) atoms. The molecule has 6 heteroatoms. The van der Waals surface area contributed by atoms with Crippen molar-refractivity contribution in [1.29, 1.82) is 0 Å². The first-order chi connectivity index (χ1) is 12.3. The van der Waals surface area contributed by atoms with Crippen LogP contribution in [-0.2, 0) is 26.2 Å². The van der Waals surface area contributed by atoms with Crippen molar-refractivity contribution in [1.82, 2.24) is 0 Å². The van der Waals surface area contributed by atoms with Crippen LogP contribution in [-0.4, -0.2) is 25.0 Å². The van der Waals surface area contributed by atoms with Crippen molar-refractivity contribution < 1.29 is 14.3 Å². The van der Waals surface area contributed by atoms with Gasteiger partial charge < -0.3 is 10.5 Å². The lowest BCUT2D eigenvalue weighted by Gasteiger charge is -2.21. The van der Waals surface area contributed by atoms with E-state index in [0.717, 1.165) is 22.5 Å². The Morgan fingerprint density at radius 1 is 1.23 bits per heavy atom. The number of fused-ring (bicyclic) bond motifs is 1. The molecule has 0 saturated carbocycles. The number of methoxy groups -OCH3 is 1. The van der Waals surface area contributed by atoms with E-state index in [1.165, 1.54) is 7.11 Å². The zero-order valence-electron chi connectivity index (χ0n) is 15.0. The number of amides is 1. The number of nitrogens with two attached hydrogens (primary N) is 1. The van der Waals surface area contributed by atoms with Gasteiger partial charge >= 0.3 is 5.97 Å². The lowest BCUT2D eigenvalue weighted by molar-refractivity contribution is -0.142. The third-order valence-electron chi connectivity index (χ3n) is 4.78. The highest BCUT2D eigenvalue weighted by atomic mass is 35.5. The number of anilines is 2. The summed E-state index contributed by atoms with van der Waals surface area (Å²) in [7, 11) is 1.31. The molecule has 0 saturated heterocycles. The second kappa shape index (κ2) is 6.74. The molecule has 2 aromatic carbocycles. The van der Waals surface area contributed by atoms with Gasteiger partial charge in [-0.25, -0.2) is 0 Å². The Morgan fingerprint density at radius 3 is 2.50 bits per heavy atom. The topological polar surface area (TPSA) is 72.6 Å². The average Bonchev–Trinajstić information content (AvgIpc) is 2.83. The first-order valence-corrected chi connectivity index (χ1v) is 8.71. The summed E-state index contributed by atoms with van der Waals surface area (Å²) in [5.41, 5.74) is 8.40. The van der Waals surface area contributed by atoms with Gasteiger partial charge in [-0.3, -0.25) is 14.5 Å². The molecule has 2 aromatic rings. The Bertz CT molecular complexity index is 862. The molecule has 3 rings (SSSR count). The van der Waals surface area contributed by atoms with Gasteiger partial charge in [0.2, 0.25) is 5.91 Å². The van der Waals surface area contributed by atoms with E-state index < -0.39 is 17.4 Å². The summed E-state index contributed by atoms with van der Waals surface area (Å²) in [6.07, 6.45) is 0.365. The van der Waals surface area contributed by atoms with Crippen LogP contribution in [0.4, 0.5) is 11.4 Å². The molecule has 0 unspecified atom stereocenters. The quantitative estimate of drug-likeness (QED) is 0.835. The number of carbonyl (C=O) groups is 2. The van der Waals surface area contributed by atoms with E-state index in [1.807, 2.05) is 50.2 Å². The molecular weight excluding hydrogens is 352 g/mol. The van der Waals surface area contributed by atoms with E-state index in [4.69, 9.17) is 17.3 Å². The molecule has 0 aromatic heterocycles. The van der Waals surface area contributed by atoms with Gasteiger partial charge in [0.15, 0.2) is 0 Å². The van der Waals surface area contributed by atoms with Crippen molar-refractivity contribution in [3.05, 3.63) is 58.6 Å². The maximum atomic E-state index is 13.0. The van der Waals surface area contributed by atoms with Crippen LogP contribution in [0, 0.1) is 0 Å². The Hall–Kier alpha value is -2.37. The second-order valence-electron chi connectivity index (χ2n) is 6.90. The summed E-state index contributed by atoms with van der Waals surface area (Å²) in [4.78, 5) is 26.1. The van der Waals surface area contributed by atoms with Gasteiger partial charge in [0.1, 0.15) is 6.04 Å². The summed E-state index contributed by atoms with van der Waals surface area (Å²) in [6, 6.07) is 12.2. The van der Waals surface area contributed by atoms with Gasteiger partial charge in [-0.15, -0.1) is 0 Å². The lowest BCUT2D eigenvalue weighted by atomic mass is 9.86. The number of halogens is 1. The van der Waals surface area contributed by atoms with E-state index in [0.29, 0.717) is 11.4 Å². The summed E-state index contributed by atoms with van der Waals surface area (Å²) >= 11 is 6.40. The third-order valence-corrected chi connectivity index (χ3v) is 5.08.